The van der Waals surface area contributed by atoms with E-state index < -0.39 is 0 Å². The lowest BCUT2D eigenvalue weighted by Gasteiger charge is -2.07. The maximum absolute atomic E-state index is 4.16. The highest BCUT2D eigenvalue weighted by Gasteiger charge is 1.95. The standard InChI is InChI=1S/C11H18N2/c1-9(2)12-6-4-11-5-7-13-10(3)8-11/h5,7-9,12H,4,6H2,1-3H3. The maximum Gasteiger partial charge on any atom is 0.0375 e. The molecular weight excluding hydrogens is 160 g/mol. The predicted molar refractivity (Wildman–Crippen MR) is 55.8 cm³/mol. The number of pyridine rings is 1. The molecule has 0 atom stereocenters. The van der Waals surface area contributed by atoms with Crippen LogP contribution in [0.15, 0.2) is 18.3 Å². The minimum atomic E-state index is 0.572. The first-order chi connectivity index (χ1) is 6.18. The van der Waals surface area contributed by atoms with E-state index in [0.29, 0.717) is 6.04 Å². The number of nitrogens with zero attached hydrogens (tertiary/aromatic N) is 1. The zero-order chi connectivity index (χ0) is 9.68. The van der Waals surface area contributed by atoms with Gasteiger partial charge in [-0.05, 0) is 37.6 Å². The minimum absolute atomic E-state index is 0.572. The molecule has 0 saturated carbocycles. The number of aryl methyl sites for hydroxylation is 1. The molecule has 2 nitrogen and oxygen atoms in total. The summed E-state index contributed by atoms with van der Waals surface area (Å²) in [5.41, 5.74) is 2.46. The van der Waals surface area contributed by atoms with Gasteiger partial charge in [0.2, 0.25) is 0 Å². The van der Waals surface area contributed by atoms with Crippen LogP contribution in [0.25, 0.3) is 0 Å². The minimum Gasteiger partial charge on any atom is -0.314 e. The highest BCUT2D eigenvalue weighted by atomic mass is 14.9. The Kier molecular flexibility index (Phi) is 3.90. The van der Waals surface area contributed by atoms with Crippen molar-refractivity contribution < 1.29 is 0 Å². The topological polar surface area (TPSA) is 24.9 Å². The van der Waals surface area contributed by atoms with E-state index in [0.717, 1.165) is 18.7 Å². The molecule has 13 heavy (non-hydrogen) atoms. The van der Waals surface area contributed by atoms with E-state index in [1.165, 1.54) is 5.56 Å². The molecule has 0 radical (unpaired) electrons. The Bertz CT molecular complexity index is 256. The van der Waals surface area contributed by atoms with Crippen molar-refractivity contribution in [2.45, 2.75) is 33.2 Å². The van der Waals surface area contributed by atoms with Gasteiger partial charge in [-0.15, -0.1) is 0 Å². The molecule has 72 valence electrons. The van der Waals surface area contributed by atoms with E-state index in [-0.39, 0.29) is 0 Å². The van der Waals surface area contributed by atoms with Crippen LogP contribution in [0, 0.1) is 6.92 Å². The lowest BCUT2D eigenvalue weighted by atomic mass is 10.1. The monoisotopic (exact) mass is 178 g/mol. The van der Waals surface area contributed by atoms with E-state index >= 15 is 0 Å². The second kappa shape index (κ2) is 4.97. The van der Waals surface area contributed by atoms with Gasteiger partial charge < -0.3 is 5.32 Å². The van der Waals surface area contributed by atoms with Gasteiger partial charge in [0.1, 0.15) is 0 Å². The smallest absolute Gasteiger partial charge is 0.0375 e. The molecule has 0 spiro atoms. The van der Waals surface area contributed by atoms with Crippen LogP contribution in [0.3, 0.4) is 0 Å². The van der Waals surface area contributed by atoms with Crippen LogP contribution in [0.4, 0.5) is 0 Å². The van der Waals surface area contributed by atoms with Crippen molar-refractivity contribution in [2.75, 3.05) is 6.54 Å². The van der Waals surface area contributed by atoms with Crippen molar-refractivity contribution in [2.24, 2.45) is 0 Å². The molecule has 0 saturated heterocycles. The Morgan fingerprint density at radius 1 is 1.46 bits per heavy atom. The van der Waals surface area contributed by atoms with Gasteiger partial charge >= 0.3 is 0 Å². The normalized spacial score (nSPS) is 10.8. The van der Waals surface area contributed by atoms with Crippen molar-refractivity contribution in [3.63, 3.8) is 0 Å². The van der Waals surface area contributed by atoms with E-state index in [9.17, 15) is 0 Å². The van der Waals surface area contributed by atoms with E-state index in [1.54, 1.807) is 0 Å². The second-order valence-electron chi connectivity index (χ2n) is 3.66. The van der Waals surface area contributed by atoms with Crippen molar-refractivity contribution in [3.8, 4) is 0 Å². The Morgan fingerprint density at radius 2 is 2.23 bits per heavy atom. The first-order valence-corrected chi connectivity index (χ1v) is 4.83. The van der Waals surface area contributed by atoms with Crippen molar-refractivity contribution in [3.05, 3.63) is 29.6 Å². The lowest BCUT2D eigenvalue weighted by Crippen LogP contribution is -2.24. The molecule has 1 rings (SSSR count). The quantitative estimate of drug-likeness (QED) is 0.762. The first-order valence-electron chi connectivity index (χ1n) is 4.83. The average molecular weight is 178 g/mol. The van der Waals surface area contributed by atoms with Crippen molar-refractivity contribution in [1.29, 1.82) is 0 Å². The molecule has 1 N–H and O–H groups in total. The average Bonchev–Trinajstić information content (AvgIpc) is 2.03. The van der Waals surface area contributed by atoms with E-state index in [4.69, 9.17) is 0 Å². The summed E-state index contributed by atoms with van der Waals surface area (Å²) in [7, 11) is 0. The van der Waals surface area contributed by atoms with Gasteiger partial charge in [0.15, 0.2) is 0 Å². The molecule has 0 bridgehead atoms. The zero-order valence-corrected chi connectivity index (χ0v) is 8.67. The number of aromatic nitrogens is 1. The van der Waals surface area contributed by atoms with Crippen molar-refractivity contribution in [1.82, 2.24) is 10.3 Å². The molecule has 0 aliphatic carbocycles. The van der Waals surface area contributed by atoms with Crippen LogP contribution in [-0.4, -0.2) is 17.6 Å². The number of hydrogen-bond donors (Lipinski definition) is 1. The molecule has 1 aromatic heterocycles. The Morgan fingerprint density at radius 3 is 2.85 bits per heavy atom. The molecule has 0 amide bonds. The summed E-state index contributed by atoms with van der Waals surface area (Å²) >= 11 is 0. The summed E-state index contributed by atoms with van der Waals surface area (Å²) in [6.07, 6.45) is 2.96. The molecule has 1 heterocycles. The van der Waals surface area contributed by atoms with Gasteiger partial charge in [0, 0.05) is 17.9 Å². The summed E-state index contributed by atoms with van der Waals surface area (Å²) < 4.78 is 0. The first kappa shape index (κ1) is 10.2. The SMILES string of the molecule is Cc1cc(CCNC(C)C)ccn1. The summed E-state index contributed by atoms with van der Waals surface area (Å²) in [4.78, 5) is 4.16. The van der Waals surface area contributed by atoms with E-state index in [2.05, 4.69) is 36.3 Å². The molecule has 1 aromatic rings. The number of nitrogens with one attached hydrogen (secondary N) is 1. The van der Waals surface area contributed by atoms with Crippen LogP contribution in [-0.2, 0) is 6.42 Å². The fraction of sp³-hybridized carbons (Fsp3) is 0.545. The van der Waals surface area contributed by atoms with Crippen LogP contribution < -0.4 is 5.32 Å². The van der Waals surface area contributed by atoms with Gasteiger partial charge in [0.05, 0.1) is 0 Å². The van der Waals surface area contributed by atoms with Gasteiger partial charge in [-0.1, -0.05) is 13.8 Å². The third-order valence-corrected chi connectivity index (χ3v) is 1.93. The van der Waals surface area contributed by atoms with Crippen LogP contribution in [0.2, 0.25) is 0 Å². The highest BCUT2D eigenvalue weighted by Crippen LogP contribution is 2.00. The Hall–Kier alpha value is -0.890. The van der Waals surface area contributed by atoms with Gasteiger partial charge in [0.25, 0.3) is 0 Å². The fourth-order valence-electron chi connectivity index (χ4n) is 1.26. The Balaban J connectivity index is 2.37. The van der Waals surface area contributed by atoms with Crippen LogP contribution in [0.5, 0.6) is 0 Å². The Labute approximate surface area is 80.4 Å². The molecule has 0 fully saturated rings. The zero-order valence-electron chi connectivity index (χ0n) is 8.67. The van der Waals surface area contributed by atoms with Crippen LogP contribution in [0.1, 0.15) is 25.1 Å². The van der Waals surface area contributed by atoms with Gasteiger partial charge in [-0.2, -0.15) is 0 Å². The lowest BCUT2D eigenvalue weighted by molar-refractivity contribution is 0.590. The van der Waals surface area contributed by atoms with Crippen LogP contribution >= 0.6 is 0 Å². The molecule has 2 heteroatoms. The maximum atomic E-state index is 4.16. The second-order valence-corrected chi connectivity index (χ2v) is 3.66. The summed E-state index contributed by atoms with van der Waals surface area (Å²) in [5, 5.41) is 3.39. The largest absolute Gasteiger partial charge is 0.314 e. The predicted octanol–water partition coefficient (Wildman–Crippen LogP) is 1.93. The van der Waals surface area contributed by atoms with Gasteiger partial charge in [-0.25, -0.2) is 0 Å². The third kappa shape index (κ3) is 4.04. The van der Waals surface area contributed by atoms with E-state index in [1.807, 2.05) is 13.1 Å². The molecular formula is C11H18N2. The van der Waals surface area contributed by atoms with Gasteiger partial charge in [-0.3, -0.25) is 4.98 Å². The molecule has 0 aliphatic rings. The number of rotatable bonds is 4. The highest BCUT2D eigenvalue weighted by molar-refractivity contribution is 5.15. The summed E-state index contributed by atoms with van der Waals surface area (Å²) in [6.45, 7) is 7.40. The molecule has 0 unspecified atom stereocenters. The fourth-order valence-corrected chi connectivity index (χ4v) is 1.26. The third-order valence-electron chi connectivity index (χ3n) is 1.93. The summed E-state index contributed by atoms with van der Waals surface area (Å²) in [6, 6.07) is 4.79. The molecule has 0 aromatic carbocycles. The molecule has 0 aliphatic heterocycles. The number of hydrogen-bond acceptors (Lipinski definition) is 2. The summed E-state index contributed by atoms with van der Waals surface area (Å²) in [5.74, 6) is 0. The van der Waals surface area contributed by atoms with Crippen molar-refractivity contribution >= 4 is 0 Å².